The Kier molecular flexibility index (Phi) is 3.29. The largest absolute Gasteiger partial charge is 0.507 e. The number of phenols is 3. The first-order valence-electron chi connectivity index (χ1n) is 6.63. The van der Waals surface area contributed by atoms with Gasteiger partial charge in [0.25, 0.3) is 0 Å². The van der Waals surface area contributed by atoms with Crippen molar-refractivity contribution in [3.05, 3.63) is 41.5 Å². The van der Waals surface area contributed by atoms with E-state index >= 15 is 0 Å². The quantitative estimate of drug-likeness (QED) is 0.582. The minimum Gasteiger partial charge on any atom is -0.507 e. The third-order valence-electron chi connectivity index (χ3n) is 3.61. The summed E-state index contributed by atoms with van der Waals surface area (Å²) in [6.45, 7) is 0. The summed E-state index contributed by atoms with van der Waals surface area (Å²) in [5, 5.41) is 29.2. The smallest absolute Gasteiger partial charge is 0.201 e. The third kappa shape index (κ3) is 2.18. The molecule has 0 amide bonds. The lowest BCUT2D eigenvalue weighted by Gasteiger charge is -2.26. The van der Waals surface area contributed by atoms with Crippen LogP contribution in [0.2, 0.25) is 0 Å². The first-order chi connectivity index (χ1) is 10.5. The number of carbonyl (C=O) groups excluding carboxylic acids is 1. The summed E-state index contributed by atoms with van der Waals surface area (Å²) in [5.41, 5.74) is 0.613. The molecular weight excluding hydrogens is 288 g/mol. The Morgan fingerprint density at radius 3 is 2.45 bits per heavy atom. The molecule has 3 N–H and O–H groups in total. The summed E-state index contributed by atoms with van der Waals surface area (Å²) >= 11 is 0. The minimum absolute atomic E-state index is 0.0249. The van der Waals surface area contributed by atoms with Gasteiger partial charge in [0.2, 0.25) is 5.75 Å². The topological polar surface area (TPSA) is 96.2 Å². The van der Waals surface area contributed by atoms with Crippen LogP contribution in [0.15, 0.2) is 30.3 Å². The molecule has 1 aliphatic heterocycles. The molecule has 114 valence electrons. The van der Waals surface area contributed by atoms with E-state index in [1.54, 1.807) is 31.4 Å². The lowest BCUT2D eigenvalue weighted by Crippen LogP contribution is -2.20. The van der Waals surface area contributed by atoms with Gasteiger partial charge >= 0.3 is 0 Å². The first-order valence-corrected chi connectivity index (χ1v) is 6.63. The highest BCUT2D eigenvalue weighted by atomic mass is 16.5. The number of phenolic OH excluding ortho intramolecular Hbond substituents is 3. The van der Waals surface area contributed by atoms with E-state index in [4.69, 9.17) is 9.47 Å². The molecular formula is C16H14O6. The van der Waals surface area contributed by atoms with E-state index in [0.717, 1.165) is 11.6 Å². The van der Waals surface area contributed by atoms with Crippen LogP contribution < -0.4 is 9.47 Å². The summed E-state index contributed by atoms with van der Waals surface area (Å²) in [7, 11) is 1.55. The van der Waals surface area contributed by atoms with Crippen LogP contribution in [-0.4, -0.2) is 28.2 Å². The van der Waals surface area contributed by atoms with Crippen molar-refractivity contribution in [3.63, 3.8) is 0 Å². The predicted octanol–water partition coefficient (Wildman–Crippen LogP) is 2.52. The SMILES string of the molecule is COc1ccc([C@@H]2CC(=O)c3c(O)cc(O)c(O)c3O2)cc1. The van der Waals surface area contributed by atoms with Crippen molar-refractivity contribution in [3.8, 4) is 28.7 Å². The van der Waals surface area contributed by atoms with E-state index in [0.29, 0.717) is 5.75 Å². The molecule has 6 heteroatoms. The molecule has 1 aliphatic rings. The number of ketones is 1. The number of Topliss-reactive ketones (excluding diaryl/α,β-unsaturated/α-hetero) is 1. The van der Waals surface area contributed by atoms with Crippen LogP contribution in [0.25, 0.3) is 0 Å². The molecule has 6 nitrogen and oxygen atoms in total. The van der Waals surface area contributed by atoms with Crippen molar-refractivity contribution in [1.29, 1.82) is 0 Å². The van der Waals surface area contributed by atoms with Crippen LogP contribution in [0.1, 0.15) is 28.4 Å². The number of ether oxygens (including phenoxy) is 2. The fraction of sp³-hybridized carbons (Fsp3) is 0.188. The van der Waals surface area contributed by atoms with Crippen molar-refractivity contribution in [2.45, 2.75) is 12.5 Å². The number of benzene rings is 2. The van der Waals surface area contributed by atoms with Gasteiger partial charge in [0.1, 0.15) is 23.2 Å². The molecule has 0 unspecified atom stereocenters. The number of rotatable bonds is 2. The van der Waals surface area contributed by atoms with Crippen LogP contribution in [0.5, 0.6) is 28.7 Å². The maximum atomic E-state index is 12.2. The number of aromatic hydroxyl groups is 3. The first kappa shape index (κ1) is 14.1. The number of hydrogen-bond donors (Lipinski definition) is 3. The summed E-state index contributed by atoms with van der Waals surface area (Å²) in [6, 6.07) is 7.89. The predicted molar refractivity (Wildman–Crippen MR) is 76.7 cm³/mol. The summed E-state index contributed by atoms with van der Waals surface area (Å²) in [5.74, 6) is -1.41. The van der Waals surface area contributed by atoms with Crippen LogP contribution in [0.4, 0.5) is 0 Å². The van der Waals surface area contributed by atoms with Crippen LogP contribution in [-0.2, 0) is 0 Å². The Balaban J connectivity index is 2.01. The summed E-state index contributed by atoms with van der Waals surface area (Å²) < 4.78 is 10.7. The van der Waals surface area contributed by atoms with Crippen molar-refractivity contribution in [2.24, 2.45) is 0 Å². The third-order valence-corrected chi connectivity index (χ3v) is 3.61. The molecule has 0 fully saturated rings. The standard InChI is InChI=1S/C16H14O6/c1-21-9-4-2-8(3-5-9)13-7-11(18)14-10(17)6-12(19)15(20)16(14)22-13/h2-6,13,17,19-20H,7H2,1H3/t13-/m0/s1. The highest BCUT2D eigenvalue weighted by molar-refractivity contribution is 6.03. The van der Waals surface area contributed by atoms with Gasteiger partial charge in [-0.3, -0.25) is 4.79 Å². The molecule has 0 radical (unpaired) electrons. The fourth-order valence-electron chi connectivity index (χ4n) is 2.46. The fourth-order valence-corrected chi connectivity index (χ4v) is 2.46. The molecule has 0 saturated heterocycles. The average Bonchev–Trinajstić information content (AvgIpc) is 2.52. The lowest BCUT2D eigenvalue weighted by atomic mass is 9.95. The van der Waals surface area contributed by atoms with Crippen molar-refractivity contribution in [2.75, 3.05) is 7.11 Å². The van der Waals surface area contributed by atoms with E-state index in [9.17, 15) is 20.1 Å². The molecule has 0 bridgehead atoms. The van der Waals surface area contributed by atoms with Gasteiger partial charge in [-0.15, -0.1) is 0 Å². The molecule has 1 heterocycles. The van der Waals surface area contributed by atoms with Gasteiger partial charge < -0.3 is 24.8 Å². The molecule has 1 atom stereocenters. The Labute approximate surface area is 126 Å². The molecule has 22 heavy (non-hydrogen) atoms. The zero-order chi connectivity index (χ0) is 15.9. The number of fused-ring (bicyclic) bond motifs is 1. The molecule has 2 aromatic carbocycles. The summed E-state index contributed by atoms with van der Waals surface area (Å²) in [4.78, 5) is 12.2. The normalized spacial score (nSPS) is 16.8. The van der Waals surface area contributed by atoms with Gasteiger partial charge in [0.05, 0.1) is 13.5 Å². The van der Waals surface area contributed by atoms with Gasteiger partial charge in [-0.05, 0) is 17.7 Å². The van der Waals surface area contributed by atoms with E-state index < -0.39 is 23.4 Å². The molecule has 0 aromatic heterocycles. The molecule has 0 aliphatic carbocycles. The van der Waals surface area contributed by atoms with Crippen LogP contribution in [0, 0.1) is 0 Å². The van der Waals surface area contributed by atoms with Crippen LogP contribution in [0.3, 0.4) is 0 Å². The molecule has 0 spiro atoms. The number of carbonyl (C=O) groups is 1. The maximum Gasteiger partial charge on any atom is 0.201 e. The van der Waals surface area contributed by atoms with Gasteiger partial charge in [0, 0.05) is 6.07 Å². The van der Waals surface area contributed by atoms with Gasteiger partial charge in [-0.25, -0.2) is 0 Å². The molecule has 2 aromatic rings. The number of hydrogen-bond acceptors (Lipinski definition) is 6. The highest BCUT2D eigenvalue weighted by Crippen LogP contribution is 2.48. The van der Waals surface area contributed by atoms with Crippen LogP contribution >= 0.6 is 0 Å². The highest BCUT2D eigenvalue weighted by Gasteiger charge is 2.33. The number of methoxy groups -OCH3 is 1. The van der Waals surface area contributed by atoms with E-state index in [2.05, 4.69) is 0 Å². The van der Waals surface area contributed by atoms with Gasteiger partial charge in [0.15, 0.2) is 17.3 Å². The van der Waals surface area contributed by atoms with Crippen molar-refractivity contribution in [1.82, 2.24) is 0 Å². The minimum atomic E-state index is -0.613. The van der Waals surface area contributed by atoms with E-state index in [-0.39, 0.29) is 23.5 Å². The monoisotopic (exact) mass is 302 g/mol. The second kappa shape index (κ2) is 5.14. The van der Waals surface area contributed by atoms with Gasteiger partial charge in [-0.1, -0.05) is 12.1 Å². The Morgan fingerprint density at radius 1 is 1.14 bits per heavy atom. The Hall–Kier alpha value is -2.89. The second-order valence-corrected chi connectivity index (χ2v) is 4.97. The average molecular weight is 302 g/mol. The Bertz CT molecular complexity index is 735. The van der Waals surface area contributed by atoms with Crippen molar-refractivity contribution < 1.29 is 29.6 Å². The molecule has 3 rings (SSSR count). The maximum absolute atomic E-state index is 12.2. The molecule has 0 saturated carbocycles. The van der Waals surface area contributed by atoms with Crippen molar-refractivity contribution >= 4 is 5.78 Å². The lowest BCUT2D eigenvalue weighted by molar-refractivity contribution is 0.0836. The van der Waals surface area contributed by atoms with E-state index in [1.807, 2.05) is 0 Å². The van der Waals surface area contributed by atoms with E-state index in [1.165, 1.54) is 0 Å². The zero-order valence-corrected chi connectivity index (χ0v) is 11.7. The zero-order valence-electron chi connectivity index (χ0n) is 11.7. The van der Waals surface area contributed by atoms with Gasteiger partial charge in [-0.2, -0.15) is 0 Å². The second-order valence-electron chi connectivity index (χ2n) is 4.97. The summed E-state index contributed by atoms with van der Waals surface area (Å²) in [6.07, 6.45) is -0.588. The Morgan fingerprint density at radius 2 is 1.82 bits per heavy atom.